The van der Waals surface area contributed by atoms with Gasteiger partial charge in [0.25, 0.3) is 5.91 Å². The highest BCUT2D eigenvalue weighted by Gasteiger charge is 2.25. The van der Waals surface area contributed by atoms with Crippen LogP contribution in [0, 0.1) is 5.82 Å². The lowest BCUT2D eigenvalue weighted by Crippen LogP contribution is -2.54. The average Bonchev–Trinajstić information content (AvgIpc) is 3.13. The lowest BCUT2D eigenvalue weighted by Gasteiger charge is -2.37. The van der Waals surface area contributed by atoms with Crippen LogP contribution >= 0.6 is 0 Å². The number of piperazine rings is 1. The van der Waals surface area contributed by atoms with Crippen molar-refractivity contribution in [3.05, 3.63) is 48.3 Å². The number of pyridine rings is 1. The van der Waals surface area contributed by atoms with Gasteiger partial charge in [-0.2, -0.15) is 5.10 Å². The Bertz CT molecular complexity index is 1330. The van der Waals surface area contributed by atoms with Crippen molar-refractivity contribution in [2.24, 2.45) is 7.05 Å². The van der Waals surface area contributed by atoms with Crippen LogP contribution in [0.25, 0.3) is 21.9 Å². The summed E-state index contributed by atoms with van der Waals surface area (Å²) in [6.45, 7) is 5.80. The van der Waals surface area contributed by atoms with Gasteiger partial charge in [0.1, 0.15) is 16.6 Å². The number of fused-ring (bicyclic) bond motifs is 2. The van der Waals surface area contributed by atoms with Crippen LogP contribution in [0.3, 0.4) is 0 Å². The van der Waals surface area contributed by atoms with Gasteiger partial charge in [0.15, 0.2) is 11.6 Å². The van der Waals surface area contributed by atoms with Gasteiger partial charge in [0.2, 0.25) is 0 Å². The molecular weight excluding hydrogens is 411 g/mol. The molecule has 0 bridgehead atoms. The minimum Gasteiger partial charge on any atom is -0.352 e. The Morgan fingerprint density at radius 1 is 1.09 bits per heavy atom. The first-order chi connectivity index (χ1) is 15.4. The van der Waals surface area contributed by atoms with Crippen molar-refractivity contribution >= 4 is 39.3 Å². The van der Waals surface area contributed by atoms with E-state index in [0.717, 1.165) is 13.1 Å². The summed E-state index contributed by atoms with van der Waals surface area (Å²) >= 11 is 0. The lowest BCUT2D eigenvalue weighted by atomic mass is 10.1. The molecule has 0 unspecified atom stereocenters. The van der Waals surface area contributed by atoms with E-state index in [1.54, 1.807) is 31.7 Å². The van der Waals surface area contributed by atoms with Crippen LogP contribution in [0.5, 0.6) is 0 Å². The normalized spacial score (nSPS) is 18.9. The van der Waals surface area contributed by atoms with E-state index in [0.29, 0.717) is 40.0 Å². The highest BCUT2D eigenvalue weighted by Crippen LogP contribution is 2.27. The van der Waals surface area contributed by atoms with E-state index < -0.39 is 11.7 Å². The van der Waals surface area contributed by atoms with Crippen molar-refractivity contribution in [2.45, 2.75) is 25.9 Å². The number of carbonyl (C=O) groups is 1. The molecule has 2 atom stereocenters. The molecule has 4 aromatic rings. The molecule has 5 rings (SSSR count). The number of aromatic nitrogens is 5. The van der Waals surface area contributed by atoms with Crippen molar-refractivity contribution in [2.75, 3.05) is 23.3 Å². The summed E-state index contributed by atoms with van der Waals surface area (Å²) in [4.78, 5) is 28.7. The van der Waals surface area contributed by atoms with Crippen LogP contribution in [0.15, 0.2) is 36.9 Å². The Balaban J connectivity index is 1.50. The smallest absolute Gasteiger partial charge is 0.259 e. The zero-order chi connectivity index (χ0) is 22.4. The van der Waals surface area contributed by atoms with Crippen molar-refractivity contribution in [3.63, 3.8) is 0 Å². The molecule has 0 aliphatic carbocycles. The minimum absolute atomic E-state index is 0.257. The van der Waals surface area contributed by atoms with E-state index >= 15 is 0 Å². The number of anilines is 2. The van der Waals surface area contributed by atoms with Gasteiger partial charge in [-0.15, -0.1) is 0 Å². The number of hydrogen-bond donors (Lipinski definition) is 2. The maximum absolute atomic E-state index is 14.4. The zero-order valence-corrected chi connectivity index (χ0v) is 18.0. The quantitative estimate of drug-likeness (QED) is 0.511. The van der Waals surface area contributed by atoms with Gasteiger partial charge in [0.05, 0.1) is 5.56 Å². The number of hydrogen-bond acceptors (Lipinski definition) is 7. The molecule has 2 N–H and O–H groups in total. The van der Waals surface area contributed by atoms with Crippen LogP contribution in [0.4, 0.5) is 15.9 Å². The van der Waals surface area contributed by atoms with Crippen LogP contribution in [-0.2, 0) is 7.05 Å². The van der Waals surface area contributed by atoms with E-state index in [1.165, 1.54) is 16.9 Å². The second-order valence-corrected chi connectivity index (χ2v) is 8.28. The molecular formula is C22H23FN8O. The third-order valence-corrected chi connectivity index (χ3v) is 5.52. The largest absolute Gasteiger partial charge is 0.352 e. The second-order valence-electron chi connectivity index (χ2n) is 8.28. The fraction of sp³-hybridized carbons (Fsp3) is 0.318. The molecule has 0 spiro atoms. The Kier molecular flexibility index (Phi) is 4.93. The molecule has 3 aromatic heterocycles. The van der Waals surface area contributed by atoms with E-state index in [4.69, 9.17) is 0 Å². The highest BCUT2D eigenvalue weighted by molar-refractivity contribution is 6.12. The molecule has 0 radical (unpaired) electrons. The second kappa shape index (κ2) is 7.79. The molecule has 164 valence electrons. The first kappa shape index (κ1) is 20.3. The van der Waals surface area contributed by atoms with Crippen molar-refractivity contribution in [3.8, 4) is 0 Å². The number of halogens is 1. The standard InChI is InChI=1S/C22H23FN8O/c1-12-9-31(10-13(2)27-12)21-20-19(24-4-5-25-20)16(8-26-21)22(32)28-15-6-14-11-30(3)29-18(14)17(23)7-15/h4-8,11-13,27H,9-10H2,1-3H3,(H,28,32)/t12-,13-/m0/s1. The molecule has 1 aromatic carbocycles. The Morgan fingerprint density at radius 2 is 1.81 bits per heavy atom. The van der Waals surface area contributed by atoms with Gasteiger partial charge in [-0.1, -0.05) is 0 Å². The summed E-state index contributed by atoms with van der Waals surface area (Å²) in [5.74, 6) is -0.231. The molecule has 1 saturated heterocycles. The Morgan fingerprint density at radius 3 is 2.56 bits per heavy atom. The van der Waals surface area contributed by atoms with Gasteiger partial charge < -0.3 is 15.5 Å². The van der Waals surface area contributed by atoms with E-state index in [1.807, 2.05) is 0 Å². The topological polar surface area (TPSA) is 101 Å². The number of rotatable bonds is 3. The summed E-state index contributed by atoms with van der Waals surface area (Å²) < 4.78 is 15.9. The Hall–Kier alpha value is -3.66. The maximum atomic E-state index is 14.4. The molecule has 4 heterocycles. The molecule has 32 heavy (non-hydrogen) atoms. The average molecular weight is 434 g/mol. The predicted molar refractivity (Wildman–Crippen MR) is 120 cm³/mol. The number of aryl methyl sites for hydroxylation is 1. The van der Waals surface area contributed by atoms with Crippen molar-refractivity contribution < 1.29 is 9.18 Å². The molecule has 1 amide bonds. The van der Waals surface area contributed by atoms with Crippen LogP contribution < -0.4 is 15.5 Å². The van der Waals surface area contributed by atoms with Crippen molar-refractivity contribution in [1.29, 1.82) is 0 Å². The zero-order valence-electron chi connectivity index (χ0n) is 18.0. The summed E-state index contributed by atoms with van der Waals surface area (Å²) in [6.07, 6.45) is 6.35. The number of nitrogens with one attached hydrogen (secondary N) is 2. The fourth-order valence-electron chi connectivity index (χ4n) is 4.33. The van der Waals surface area contributed by atoms with Crippen LogP contribution in [0.1, 0.15) is 24.2 Å². The van der Waals surface area contributed by atoms with E-state index in [2.05, 4.69) is 49.4 Å². The summed E-state index contributed by atoms with van der Waals surface area (Å²) in [7, 11) is 1.72. The van der Waals surface area contributed by atoms with Gasteiger partial charge in [-0.25, -0.2) is 14.4 Å². The summed E-state index contributed by atoms with van der Waals surface area (Å²) in [6, 6.07) is 3.54. The molecule has 1 fully saturated rings. The number of nitrogens with zero attached hydrogens (tertiary/aromatic N) is 6. The number of benzene rings is 1. The first-order valence-corrected chi connectivity index (χ1v) is 10.4. The molecule has 1 aliphatic rings. The highest BCUT2D eigenvalue weighted by atomic mass is 19.1. The van der Waals surface area contributed by atoms with Crippen molar-refractivity contribution in [1.82, 2.24) is 30.0 Å². The number of carbonyl (C=O) groups excluding carboxylic acids is 1. The summed E-state index contributed by atoms with van der Waals surface area (Å²) in [5.41, 5.74) is 1.89. The lowest BCUT2D eigenvalue weighted by molar-refractivity contribution is 0.102. The monoisotopic (exact) mass is 434 g/mol. The van der Waals surface area contributed by atoms with E-state index in [9.17, 15) is 9.18 Å². The Labute approximate surface area is 183 Å². The summed E-state index contributed by atoms with van der Waals surface area (Å²) in [5, 5.41) is 10.9. The number of amides is 1. The minimum atomic E-state index is -0.501. The van der Waals surface area contributed by atoms with E-state index in [-0.39, 0.29) is 11.1 Å². The van der Waals surface area contributed by atoms with Crippen LogP contribution in [-0.4, -0.2) is 55.8 Å². The maximum Gasteiger partial charge on any atom is 0.259 e. The molecule has 10 heteroatoms. The SMILES string of the molecule is C[C@H]1CN(c2ncc(C(=O)Nc3cc(F)c4nn(C)cc4c3)c3nccnc23)C[C@H](C)N1. The fourth-order valence-corrected chi connectivity index (χ4v) is 4.33. The van der Waals surface area contributed by atoms with Gasteiger partial charge in [-0.3, -0.25) is 14.5 Å². The molecule has 0 saturated carbocycles. The van der Waals surface area contributed by atoms with Gasteiger partial charge in [-0.05, 0) is 26.0 Å². The third kappa shape index (κ3) is 3.62. The predicted octanol–water partition coefficient (Wildman–Crippen LogP) is 2.49. The van der Waals surface area contributed by atoms with Gasteiger partial charge >= 0.3 is 0 Å². The first-order valence-electron chi connectivity index (χ1n) is 10.4. The molecule has 1 aliphatic heterocycles. The van der Waals surface area contributed by atoms with Crippen LogP contribution in [0.2, 0.25) is 0 Å². The molecule has 9 nitrogen and oxygen atoms in total. The van der Waals surface area contributed by atoms with Gasteiger partial charge in [0, 0.05) is 68.1 Å². The third-order valence-electron chi connectivity index (χ3n) is 5.52.